The Labute approximate surface area is 170 Å². The van der Waals surface area contributed by atoms with Gasteiger partial charge in [0.25, 0.3) is 0 Å². The van der Waals surface area contributed by atoms with Gasteiger partial charge in [0.1, 0.15) is 0 Å². The van der Waals surface area contributed by atoms with Gasteiger partial charge in [-0.2, -0.15) is 0 Å². The first-order chi connectivity index (χ1) is 14.0. The molecule has 4 rings (SSSR count). The molecule has 2 amide bonds. The Morgan fingerprint density at radius 1 is 1.03 bits per heavy atom. The summed E-state index contributed by atoms with van der Waals surface area (Å²) in [6.45, 7) is 4.24. The fraction of sp³-hybridized carbons (Fsp3) is 0.250. The highest BCUT2D eigenvalue weighted by Gasteiger charge is 2.38. The first-order valence-corrected chi connectivity index (χ1v) is 9.81. The summed E-state index contributed by atoms with van der Waals surface area (Å²) in [5.74, 6) is 0. The van der Waals surface area contributed by atoms with Gasteiger partial charge in [-0.15, -0.1) is 0 Å². The van der Waals surface area contributed by atoms with Crippen LogP contribution in [0.5, 0.6) is 0 Å². The van der Waals surface area contributed by atoms with Crippen LogP contribution < -0.4 is 10.6 Å². The Balaban J connectivity index is 1.57. The molecule has 2 atom stereocenters. The van der Waals surface area contributed by atoms with E-state index in [1.165, 1.54) is 0 Å². The maximum atomic E-state index is 12.8. The molecule has 0 saturated heterocycles. The molecular weight excluding hydrogens is 362 g/mol. The van der Waals surface area contributed by atoms with Crippen LogP contribution >= 0.6 is 0 Å². The molecule has 1 heterocycles. The van der Waals surface area contributed by atoms with Gasteiger partial charge in [0.2, 0.25) is 0 Å². The van der Waals surface area contributed by atoms with E-state index in [9.17, 15) is 9.90 Å². The summed E-state index contributed by atoms with van der Waals surface area (Å²) >= 11 is 0. The van der Waals surface area contributed by atoms with Crippen LogP contribution in [0.2, 0.25) is 0 Å². The van der Waals surface area contributed by atoms with Gasteiger partial charge in [-0.25, -0.2) is 4.79 Å². The second kappa shape index (κ2) is 7.68. The van der Waals surface area contributed by atoms with Crippen LogP contribution in [0.3, 0.4) is 0 Å². The molecule has 0 unspecified atom stereocenters. The zero-order valence-corrected chi connectivity index (χ0v) is 16.6. The number of urea groups is 1. The van der Waals surface area contributed by atoms with E-state index in [0.29, 0.717) is 17.8 Å². The summed E-state index contributed by atoms with van der Waals surface area (Å²) in [6.07, 6.45) is 1.62. The van der Waals surface area contributed by atoms with Gasteiger partial charge in [0.15, 0.2) is 0 Å². The molecule has 1 aliphatic carbocycles. The summed E-state index contributed by atoms with van der Waals surface area (Å²) in [4.78, 5) is 17.2. The molecule has 1 aliphatic rings. The van der Waals surface area contributed by atoms with E-state index in [1.54, 1.807) is 12.3 Å². The van der Waals surface area contributed by atoms with Crippen molar-refractivity contribution >= 4 is 11.7 Å². The fourth-order valence-corrected chi connectivity index (χ4v) is 4.15. The van der Waals surface area contributed by atoms with Crippen molar-refractivity contribution in [3.05, 3.63) is 84.1 Å². The highest BCUT2D eigenvalue weighted by molar-refractivity contribution is 5.93. The average Bonchev–Trinajstić information content (AvgIpc) is 2.72. The predicted octanol–water partition coefficient (Wildman–Crippen LogP) is 4.65. The molecule has 3 aromatic rings. The van der Waals surface area contributed by atoms with Crippen LogP contribution in [-0.2, 0) is 5.41 Å². The highest BCUT2D eigenvalue weighted by Crippen LogP contribution is 2.41. The summed E-state index contributed by atoms with van der Waals surface area (Å²) < 4.78 is 0. The van der Waals surface area contributed by atoms with Gasteiger partial charge in [-0.3, -0.25) is 4.98 Å². The highest BCUT2D eigenvalue weighted by atomic mass is 16.3. The third-order valence-electron chi connectivity index (χ3n) is 5.52. The molecule has 0 radical (unpaired) electrons. The quantitative estimate of drug-likeness (QED) is 0.612. The maximum Gasteiger partial charge on any atom is 0.319 e. The number of hydrogen-bond donors (Lipinski definition) is 3. The second-order valence-electron chi connectivity index (χ2n) is 8.08. The van der Waals surface area contributed by atoms with Crippen molar-refractivity contribution in [1.82, 2.24) is 10.3 Å². The number of amides is 2. The normalized spacial score (nSPS) is 19.8. The number of carbonyl (C=O) groups excluding carboxylic acids is 1. The largest absolute Gasteiger partial charge is 0.391 e. The Bertz CT molecular complexity index is 1020. The van der Waals surface area contributed by atoms with Crippen molar-refractivity contribution < 1.29 is 9.90 Å². The SMILES string of the molecule is CC1(C)C[C@H](O)[C@@H](NC(=O)Nc2cccnc2-c2ccccc2)c2ccccc21. The van der Waals surface area contributed by atoms with E-state index in [2.05, 4.69) is 35.5 Å². The molecule has 148 valence electrons. The number of aromatic nitrogens is 1. The second-order valence-corrected chi connectivity index (χ2v) is 8.08. The van der Waals surface area contributed by atoms with Crippen molar-refractivity contribution in [2.75, 3.05) is 5.32 Å². The Hall–Kier alpha value is -3.18. The number of pyridine rings is 1. The van der Waals surface area contributed by atoms with Gasteiger partial charge in [0.05, 0.1) is 23.5 Å². The smallest absolute Gasteiger partial charge is 0.319 e. The third-order valence-corrected chi connectivity index (χ3v) is 5.52. The first kappa shape index (κ1) is 19.2. The van der Waals surface area contributed by atoms with Crippen molar-refractivity contribution in [3.63, 3.8) is 0 Å². The summed E-state index contributed by atoms with van der Waals surface area (Å²) in [5, 5.41) is 16.6. The molecule has 29 heavy (non-hydrogen) atoms. The number of anilines is 1. The number of nitrogens with zero attached hydrogens (tertiary/aromatic N) is 1. The molecule has 3 N–H and O–H groups in total. The molecule has 0 fully saturated rings. The number of nitrogens with one attached hydrogen (secondary N) is 2. The number of hydrogen-bond acceptors (Lipinski definition) is 3. The minimum atomic E-state index is -0.659. The summed E-state index contributed by atoms with van der Waals surface area (Å²) in [7, 11) is 0. The monoisotopic (exact) mass is 387 g/mol. The van der Waals surface area contributed by atoms with E-state index < -0.39 is 12.1 Å². The third kappa shape index (κ3) is 3.87. The van der Waals surface area contributed by atoms with E-state index >= 15 is 0 Å². The lowest BCUT2D eigenvalue weighted by Crippen LogP contribution is -2.45. The zero-order valence-electron chi connectivity index (χ0n) is 16.6. The van der Waals surface area contributed by atoms with Gasteiger partial charge >= 0.3 is 6.03 Å². The van der Waals surface area contributed by atoms with Crippen molar-refractivity contribution in [3.8, 4) is 11.3 Å². The molecule has 0 spiro atoms. The van der Waals surface area contributed by atoms with Crippen LogP contribution in [0.25, 0.3) is 11.3 Å². The van der Waals surface area contributed by atoms with Crippen molar-refractivity contribution in [2.45, 2.75) is 37.8 Å². The van der Waals surface area contributed by atoms with Gasteiger partial charge in [0, 0.05) is 11.8 Å². The lowest BCUT2D eigenvalue weighted by molar-refractivity contribution is 0.0883. The molecule has 0 saturated carbocycles. The molecule has 0 bridgehead atoms. The van der Waals surface area contributed by atoms with Crippen molar-refractivity contribution in [1.29, 1.82) is 0 Å². The maximum absolute atomic E-state index is 12.8. The zero-order chi connectivity index (χ0) is 20.4. The van der Waals surface area contributed by atoms with E-state index in [1.807, 2.05) is 54.6 Å². The lowest BCUT2D eigenvalue weighted by atomic mass is 9.70. The topological polar surface area (TPSA) is 74.2 Å². The Kier molecular flexibility index (Phi) is 5.07. The number of aliphatic hydroxyl groups excluding tert-OH is 1. The van der Waals surface area contributed by atoms with Crippen LogP contribution in [0, 0.1) is 0 Å². The molecular formula is C24H25N3O2. The number of aliphatic hydroxyl groups is 1. The van der Waals surface area contributed by atoms with E-state index in [4.69, 9.17) is 0 Å². The minimum Gasteiger partial charge on any atom is -0.391 e. The Morgan fingerprint density at radius 3 is 2.55 bits per heavy atom. The minimum absolute atomic E-state index is 0.144. The van der Waals surface area contributed by atoms with Crippen molar-refractivity contribution in [2.24, 2.45) is 0 Å². The predicted molar refractivity (Wildman–Crippen MR) is 115 cm³/mol. The standard InChI is InChI=1S/C24H25N3O2/c1-24(2)15-20(28)22(17-11-6-7-12-18(17)24)27-23(29)26-19-13-8-14-25-21(19)16-9-4-3-5-10-16/h3-14,20,22,28H,15H2,1-2H3,(H2,26,27,29)/t20-,22-/m0/s1. The average molecular weight is 387 g/mol. The van der Waals surface area contributed by atoms with Crippen LogP contribution in [-0.4, -0.2) is 22.2 Å². The lowest BCUT2D eigenvalue weighted by Gasteiger charge is -2.40. The van der Waals surface area contributed by atoms with E-state index in [0.717, 1.165) is 16.7 Å². The van der Waals surface area contributed by atoms with Crippen LogP contribution in [0.1, 0.15) is 37.4 Å². The molecule has 0 aliphatic heterocycles. The summed E-state index contributed by atoms with van der Waals surface area (Å²) in [6, 6.07) is 20.5. The molecule has 2 aromatic carbocycles. The molecule has 1 aromatic heterocycles. The van der Waals surface area contributed by atoms with E-state index in [-0.39, 0.29) is 11.4 Å². The number of rotatable bonds is 3. The number of carbonyl (C=O) groups is 1. The number of benzene rings is 2. The van der Waals surface area contributed by atoms with Gasteiger partial charge in [-0.05, 0) is 35.1 Å². The van der Waals surface area contributed by atoms with Gasteiger partial charge < -0.3 is 15.7 Å². The molecule has 5 nitrogen and oxygen atoms in total. The van der Waals surface area contributed by atoms with Gasteiger partial charge in [-0.1, -0.05) is 68.4 Å². The summed E-state index contributed by atoms with van der Waals surface area (Å²) in [5.41, 5.74) is 4.22. The first-order valence-electron chi connectivity index (χ1n) is 9.81. The van der Waals surface area contributed by atoms with Crippen LogP contribution in [0.15, 0.2) is 72.9 Å². The molecule has 5 heteroatoms. The number of fused-ring (bicyclic) bond motifs is 1. The van der Waals surface area contributed by atoms with Crippen LogP contribution in [0.4, 0.5) is 10.5 Å². The Morgan fingerprint density at radius 2 is 1.76 bits per heavy atom. The fourth-order valence-electron chi connectivity index (χ4n) is 4.15.